The van der Waals surface area contributed by atoms with Gasteiger partial charge in [-0.1, -0.05) is 6.08 Å². The van der Waals surface area contributed by atoms with E-state index in [1.165, 1.54) is 12.0 Å². The standard InChI is InChI=1S/C22H26N2O5/c1-7-12-24(21(26)16-8-10-17(28-5)11-9-16)15(4)20(25)18-13(2)19(22(27)29-6)23-14(18)3/h7-11,15,23H,1,12H2,2-6H3/t15-/m1/s1. The number of H-pyrrole nitrogens is 1. The van der Waals surface area contributed by atoms with E-state index >= 15 is 0 Å². The van der Waals surface area contributed by atoms with E-state index in [9.17, 15) is 14.4 Å². The molecule has 1 atom stereocenters. The van der Waals surface area contributed by atoms with Crippen molar-refractivity contribution < 1.29 is 23.9 Å². The number of aryl methyl sites for hydroxylation is 1. The average molecular weight is 398 g/mol. The maximum Gasteiger partial charge on any atom is 0.354 e. The summed E-state index contributed by atoms with van der Waals surface area (Å²) in [5.41, 5.74) is 2.11. The van der Waals surface area contributed by atoms with Gasteiger partial charge in [0, 0.05) is 23.4 Å². The number of ether oxygens (including phenoxy) is 2. The van der Waals surface area contributed by atoms with Gasteiger partial charge in [-0.25, -0.2) is 4.79 Å². The third-order valence-electron chi connectivity index (χ3n) is 4.84. The zero-order chi connectivity index (χ0) is 21.7. The molecule has 0 saturated heterocycles. The van der Waals surface area contributed by atoms with Crippen LogP contribution in [0, 0.1) is 13.8 Å². The number of carbonyl (C=O) groups is 3. The second-order valence-electron chi connectivity index (χ2n) is 6.63. The summed E-state index contributed by atoms with van der Waals surface area (Å²) in [7, 11) is 2.83. The molecule has 0 aliphatic rings. The van der Waals surface area contributed by atoms with Gasteiger partial charge in [0.25, 0.3) is 5.91 Å². The van der Waals surface area contributed by atoms with Gasteiger partial charge in [-0.15, -0.1) is 6.58 Å². The highest BCUT2D eigenvalue weighted by atomic mass is 16.5. The van der Waals surface area contributed by atoms with Gasteiger partial charge in [-0.3, -0.25) is 9.59 Å². The van der Waals surface area contributed by atoms with Crippen molar-refractivity contribution in [1.82, 2.24) is 9.88 Å². The molecule has 0 spiro atoms. The van der Waals surface area contributed by atoms with Crippen molar-refractivity contribution in [2.45, 2.75) is 26.8 Å². The molecule has 1 amide bonds. The van der Waals surface area contributed by atoms with Crippen LogP contribution in [0.1, 0.15) is 49.4 Å². The summed E-state index contributed by atoms with van der Waals surface area (Å²) >= 11 is 0. The molecule has 1 N–H and O–H groups in total. The molecule has 2 rings (SSSR count). The number of methoxy groups -OCH3 is 2. The first-order valence-electron chi connectivity index (χ1n) is 9.14. The maximum absolute atomic E-state index is 13.2. The van der Waals surface area contributed by atoms with Crippen molar-refractivity contribution in [3.05, 3.63) is 65.0 Å². The van der Waals surface area contributed by atoms with Crippen LogP contribution in [-0.4, -0.2) is 54.3 Å². The number of nitrogens with zero attached hydrogens (tertiary/aromatic N) is 1. The van der Waals surface area contributed by atoms with Crippen molar-refractivity contribution >= 4 is 17.7 Å². The zero-order valence-electron chi connectivity index (χ0n) is 17.4. The zero-order valence-corrected chi connectivity index (χ0v) is 17.4. The van der Waals surface area contributed by atoms with E-state index < -0.39 is 12.0 Å². The quantitative estimate of drug-likeness (QED) is 0.419. The topological polar surface area (TPSA) is 88.7 Å². The Morgan fingerprint density at radius 2 is 1.79 bits per heavy atom. The number of aromatic nitrogens is 1. The highest BCUT2D eigenvalue weighted by Crippen LogP contribution is 2.23. The smallest absolute Gasteiger partial charge is 0.354 e. The predicted octanol–water partition coefficient (Wildman–Crippen LogP) is 3.33. The summed E-state index contributed by atoms with van der Waals surface area (Å²) in [6.45, 7) is 8.95. The second-order valence-corrected chi connectivity index (χ2v) is 6.63. The first-order chi connectivity index (χ1) is 13.8. The predicted molar refractivity (Wildman–Crippen MR) is 110 cm³/mol. The Bertz CT molecular complexity index is 927. The van der Waals surface area contributed by atoms with Crippen molar-refractivity contribution in [2.24, 2.45) is 0 Å². The van der Waals surface area contributed by atoms with E-state index in [4.69, 9.17) is 9.47 Å². The SMILES string of the molecule is C=CCN(C(=O)c1ccc(OC)cc1)[C@H](C)C(=O)c1c(C)[nH]c(C(=O)OC)c1C. The molecule has 0 fully saturated rings. The van der Waals surface area contributed by atoms with Crippen LogP contribution in [0.3, 0.4) is 0 Å². The van der Waals surface area contributed by atoms with Gasteiger partial charge in [0.15, 0.2) is 5.78 Å². The summed E-state index contributed by atoms with van der Waals surface area (Å²) in [5.74, 6) is -0.480. The van der Waals surface area contributed by atoms with Crippen LogP contribution in [0.25, 0.3) is 0 Å². The first-order valence-corrected chi connectivity index (χ1v) is 9.14. The Labute approximate surface area is 170 Å². The summed E-state index contributed by atoms with van der Waals surface area (Å²) in [6.07, 6.45) is 1.57. The maximum atomic E-state index is 13.2. The Hall–Kier alpha value is -3.35. The second kappa shape index (κ2) is 9.23. The summed E-state index contributed by atoms with van der Waals surface area (Å²) in [4.78, 5) is 42.6. The van der Waals surface area contributed by atoms with Crippen molar-refractivity contribution in [3.63, 3.8) is 0 Å². The molecule has 0 bridgehead atoms. The third kappa shape index (κ3) is 4.39. The van der Waals surface area contributed by atoms with Gasteiger partial charge < -0.3 is 19.4 Å². The van der Waals surface area contributed by atoms with E-state index in [-0.39, 0.29) is 23.9 Å². The van der Waals surface area contributed by atoms with Crippen LogP contribution in [0.2, 0.25) is 0 Å². The Balaban J connectivity index is 2.37. The molecule has 0 unspecified atom stereocenters. The van der Waals surface area contributed by atoms with Gasteiger partial charge >= 0.3 is 5.97 Å². The number of carbonyl (C=O) groups excluding carboxylic acids is 3. The van der Waals surface area contributed by atoms with Crippen LogP contribution < -0.4 is 4.74 Å². The minimum absolute atomic E-state index is 0.199. The number of amides is 1. The van der Waals surface area contributed by atoms with Gasteiger partial charge in [-0.05, 0) is 50.6 Å². The molecule has 7 nitrogen and oxygen atoms in total. The first kappa shape index (κ1) is 21.9. The minimum atomic E-state index is -0.763. The molecule has 0 aliphatic carbocycles. The summed E-state index contributed by atoms with van der Waals surface area (Å²) in [5, 5.41) is 0. The molecule has 154 valence electrons. The van der Waals surface area contributed by atoms with Crippen molar-refractivity contribution in [2.75, 3.05) is 20.8 Å². The summed E-state index contributed by atoms with van der Waals surface area (Å²) < 4.78 is 9.88. The van der Waals surface area contributed by atoms with Crippen LogP contribution in [-0.2, 0) is 4.74 Å². The molecule has 0 radical (unpaired) electrons. The van der Waals surface area contributed by atoms with Crippen LogP contribution in [0.5, 0.6) is 5.75 Å². The number of ketones is 1. The molecule has 0 saturated carbocycles. The van der Waals surface area contributed by atoms with Gasteiger partial charge in [0.2, 0.25) is 0 Å². The lowest BCUT2D eigenvalue weighted by Crippen LogP contribution is -2.43. The number of nitrogens with one attached hydrogen (secondary N) is 1. The number of rotatable bonds is 8. The molecule has 29 heavy (non-hydrogen) atoms. The van der Waals surface area contributed by atoms with E-state index in [0.29, 0.717) is 28.1 Å². The lowest BCUT2D eigenvalue weighted by atomic mass is 9.99. The third-order valence-corrected chi connectivity index (χ3v) is 4.84. The van der Waals surface area contributed by atoms with Crippen LogP contribution in [0.4, 0.5) is 0 Å². The Morgan fingerprint density at radius 1 is 1.17 bits per heavy atom. The number of benzene rings is 1. The molecule has 0 aliphatic heterocycles. The lowest BCUT2D eigenvalue weighted by molar-refractivity contribution is 0.0593. The van der Waals surface area contributed by atoms with Crippen LogP contribution >= 0.6 is 0 Å². The number of aromatic amines is 1. The fraction of sp³-hybridized carbons (Fsp3) is 0.318. The molecule has 1 aromatic carbocycles. The molecular weight excluding hydrogens is 372 g/mol. The van der Waals surface area contributed by atoms with E-state index in [0.717, 1.165) is 0 Å². The monoisotopic (exact) mass is 398 g/mol. The van der Waals surface area contributed by atoms with E-state index in [2.05, 4.69) is 11.6 Å². The lowest BCUT2D eigenvalue weighted by Gasteiger charge is -2.27. The van der Waals surface area contributed by atoms with E-state index in [1.807, 2.05) is 0 Å². The number of hydrogen-bond acceptors (Lipinski definition) is 5. The fourth-order valence-corrected chi connectivity index (χ4v) is 3.23. The van der Waals surface area contributed by atoms with Gasteiger partial charge in [-0.2, -0.15) is 0 Å². The number of hydrogen-bond donors (Lipinski definition) is 1. The number of Topliss-reactive ketones (excluding diaryl/α,β-unsaturated/α-hetero) is 1. The molecule has 1 heterocycles. The average Bonchev–Trinajstić information content (AvgIpc) is 3.03. The van der Waals surface area contributed by atoms with Crippen molar-refractivity contribution in [3.8, 4) is 5.75 Å². The molecule has 1 aromatic heterocycles. The molecule has 7 heteroatoms. The normalized spacial score (nSPS) is 11.5. The largest absolute Gasteiger partial charge is 0.497 e. The van der Waals surface area contributed by atoms with Crippen molar-refractivity contribution in [1.29, 1.82) is 0 Å². The molecular formula is C22H26N2O5. The van der Waals surface area contributed by atoms with Gasteiger partial charge in [0.05, 0.1) is 20.3 Å². The highest BCUT2D eigenvalue weighted by Gasteiger charge is 2.31. The fourth-order valence-electron chi connectivity index (χ4n) is 3.23. The number of esters is 1. The highest BCUT2D eigenvalue weighted by molar-refractivity contribution is 6.07. The van der Waals surface area contributed by atoms with Crippen LogP contribution in [0.15, 0.2) is 36.9 Å². The molecule has 2 aromatic rings. The Kier molecular flexibility index (Phi) is 6.98. The Morgan fingerprint density at radius 3 is 2.31 bits per heavy atom. The van der Waals surface area contributed by atoms with E-state index in [1.54, 1.807) is 58.2 Å². The minimum Gasteiger partial charge on any atom is -0.497 e. The summed E-state index contributed by atoms with van der Waals surface area (Å²) in [6, 6.07) is 5.91. The van der Waals surface area contributed by atoms with Gasteiger partial charge in [0.1, 0.15) is 11.4 Å².